The molecule has 1 heterocycles. The van der Waals surface area contributed by atoms with Crippen LogP contribution in [0.25, 0.3) is 0 Å². The number of carbonyl (C=O) groups excluding carboxylic acids is 1. The zero-order valence-corrected chi connectivity index (χ0v) is 19.6. The fourth-order valence-electron chi connectivity index (χ4n) is 3.76. The molecule has 0 fully saturated rings. The van der Waals surface area contributed by atoms with Crippen molar-refractivity contribution in [3.05, 3.63) is 69.8 Å². The van der Waals surface area contributed by atoms with E-state index in [9.17, 15) is 14.7 Å². The summed E-state index contributed by atoms with van der Waals surface area (Å²) < 4.78 is 26.7. The Labute approximate surface area is 196 Å². The molecule has 1 atom stereocenters. The van der Waals surface area contributed by atoms with E-state index in [1.165, 1.54) is 27.4 Å². The Kier molecular flexibility index (Phi) is 7.68. The summed E-state index contributed by atoms with van der Waals surface area (Å²) in [6, 6.07) is 11.4. The predicted octanol–water partition coefficient (Wildman–Crippen LogP) is 3.85. The number of aromatic hydroxyl groups is 1. The minimum atomic E-state index is -0.912. The van der Waals surface area contributed by atoms with Crippen molar-refractivity contribution in [3.8, 4) is 28.7 Å². The van der Waals surface area contributed by atoms with Gasteiger partial charge in [0.05, 0.1) is 34.0 Å². The van der Waals surface area contributed by atoms with Gasteiger partial charge in [0, 0.05) is 29.7 Å². The number of ether oxygens (including phenoxy) is 4. The van der Waals surface area contributed by atoms with Crippen LogP contribution in [0.3, 0.4) is 0 Å². The average molecular weight is 469 g/mol. The zero-order chi connectivity index (χ0) is 24.8. The Morgan fingerprint density at radius 1 is 0.971 bits per heavy atom. The van der Waals surface area contributed by atoms with Gasteiger partial charge in [0.15, 0.2) is 11.5 Å². The lowest BCUT2D eigenvalue weighted by Crippen LogP contribution is -2.21. The first-order chi connectivity index (χ1) is 16.3. The molecule has 34 heavy (non-hydrogen) atoms. The molecular weight excluding hydrogens is 442 g/mol. The minimum Gasteiger partial charge on any atom is -0.507 e. The number of nitrogens with one attached hydrogen (secondary N) is 1. The lowest BCUT2D eigenvalue weighted by molar-refractivity contribution is -0.116. The molecule has 0 spiro atoms. The quantitative estimate of drug-likeness (QED) is 0.485. The van der Waals surface area contributed by atoms with Gasteiger partial charge in [-0.25, -0.2) is 4.79 Å². The molecule has 0 saturated heterocycles. The van der Waals surface area contributed by atoms with E-state index in [0.717, 1.165) is 0 Å². The van der Waals surface area contributed by atoms with Gasteiger partial charge in [-0.3, -0.25) is 4.79 Å². The summed E-state index contributed by atoms with van der Waals surface area (Å²) in [5.74, 6) is 0.261. The molecule has 2 aromatic carbocycles. The van der Waals surface area contributed by atoms with Crippen LogP contribution in [0.1, 0.15) is 29.2 Å². The van der Waals surface area contributed by atoms with Gasteiger partial charge in [-0.05, 0) is 37.3 Å². The summed E-state index contributed by atoms with van der Waals surface area (Å²) in [6.07, 6.45) is -0.195. The van der Waals surface area contributed by atoms with Gasteiger partial charge in [-0.1, -0.05) is 6.07 Å². The van der Waals surface area contributed by atoms with E-state index in [-0.39, 0.29) is 29.2 Å². The van der Waals surface area contributed by atoms with Crippen LogP contribution in [-0.2, 0) is 4.79 Å². The normalized spacial score (nSPS) is 11.4. The molecule has 1 aromatic heterocycles. The van der Waals surface area contributed by atoms with Crippen LogP contribution < -0.4 is 29.9 Å². The summed E-state index contributed by atoms with van der Waals surface area (Å²) in [6.45, 7) is 1.55. The number of rotatable bonds is 9. The SMILES string of the molecule is COc1ccc(NC(=O)C[C@H](c2ccc(OC)c(OC)c2OC)c2c(O)cc(C)oc2=O)cc1. The largest absolute Gasteiger partial charge is 0.507 e. The van der Waals surface area contributed by atoms with Gasteiger partial charge >= 0.3 is 5.63 Å². The molecule has 0 bridgehead atoms. The van der Waals surface area contributed by atoms with Crippen molar-refractivity contribution in [2.45, 2.75) is 19.3 Å². The highest BCUT2D eigenvalue weighted by Crippen LogP contribution is 2.46. The van der Waals surface area contributed by atoms with E-state index in [1.807, 2.05) is 0 Å². The zero-order valence-electron chi connectivity index (χ0n) is 19.6. The Balaban J connectivity index is 2.09. The van der Waals surface area contributed by atoms with Crippen molar-refractivity contribution in [2.75, 3.05) is 33.8 Å². The molecule has 0 aliphatic heterocycles. The third-order valence-electron chi connectivity index (χ3n) is 5.31. The Morgan fingerprint density at radius 3 is 2.21 bits per heavy atom. The molecule has 3 rings (SSSR count). The van der Waals surface area contributed by atoms with Crippen LogP contribution in [0.2, 0.25) is 0 Å². The Morgan fingerprint density at radius 2 is 1.65 bits per heavy atom. The topological polar surface area (TPSA) is 116 Å². The van der Waals surface area contributed by atoms with Gasteiger partial charge in [0.1, 0.15) is 17.3 Å². The van der Waals surface area contributed by atoms with Crippen molar-refractivity contribution in [2.24, 2.45) is 0 Å². The highest BCUT2D eigenvalue weighted by Gasteiger charge is 2.30. The Hall–Kier alpha value is -4.14. The maximum absolute atomic E-state index is 13.0. The van der Waals surface area contributed by atoms with E-state index in [0.29, 0.717) is 28.5 Å². The van der Waals surface area contributed by atoms with Gasteiger partial charge in [-0.15, -0.1) is 0 Å². The molecule has 1 amide bonds. The van der Waals surface area contributed by atoms with Crippen LogP contribution in [0.4, 0.5) is 5.69 Å². The number of anilines is 1. The minimum absolute atomic E-state index is 0.0685. The van der Waals surface area contributed by atoms with Crippen LogP contribution in [0.5, 0.6) is 28.7 Å². The van der Waals surface area contributed by atoms with E-state index >= 15 is 0 Å². The maximum Gasteiger partial charge on any atom is 0.343 e. The lowest BCUT2D eigenvalue weighted by Gasteiger charge is -2.22. The molecule has 3 aromatic rings. The third kappa shape index (κ3) is 5.09. The standard InChI is InChI=1S/C25H27NO8/c1-14-12-19(27)22(25(29)34-14)18(13-21(28)26-15-6-8-16(30-2)9-7-15)17-10-11-20(31-3)24(33-5)23(17)32-4/h6-12,18,27H,13H2,1-5H3,(H,26,28)/t18-/m1/s1. The highest BCUT2D eigenvalue weighted by molar-refractivity contribution is 5.91. The van der Waals surface area contributed by atoms with Gasteiger partial charge in [0.2, 0.25) is 11.7 Å². The summed E-state index contributed by atoms with van der Waals surface area (Å²) in [5.41, 5.74) is 0.165. The second kappa shape index (κ2) is 10.7. The molecule has 0 saturated carbocycles. The molecule has 9 nitrogen and oxygen atoms in total. The molecule has 0 aliphatic carbocycles. The number of benzene rings is 2. The molecule has 0 aliphatic rings. The molecule has 0 unspecified atom stereocenters. The fraction of sp³-hybridized carbons (Fsp3) is 0.280. The highest BCUT2D eigenvalue weighted by atomic mass is 16.5. The van der Waals surface area contributed by atoms with Crippen LogP contribution in [0.15, 0.2) is 51.7 Å². The molecule has 180 valence electrons. The van der Waals surface area contributed by atoms with Crippen LogP contribution >= 0.6 is 0 Å². The lowest BCUT2D eigenvalue weighted by atomic mass is 9.87. The fourth-order valence-corrected chi connectivity index (χ4v) is 3.76. The molecule has 2 N–H and O–H groups in total. The molecule has 9 heteroatoms. The maximum atomic E-state index is 13.0. The Bertz CT molecular complexity index is 1220. The smallest absolute Gasteiger partial charge is 0.343 e. The molecular formula is C25H27NO8. The molecule has 0 radical (unpaired) electrons. The number of hydrogen-bond donors (Lipinski definition) is 2. The van der Waals surface area contributed by atoms with Crippen molar-refractivity contribution >= 4 is 11.6 Å². The predicted molar refractivity (Wildman–Crippen MR) is 126 cm³/mol. The summed E-state index contributed by atoms with van der Waals surface area (Å²) >= 11 is 0. The third-order valence-corrected chi connectivity index (χ3v) is 5.31. The second-order valence-corrected chi connectivity index (χ2v) is 7.40. The van der Waals surface area contributed by atoms with Crippen LogP contribution in [0, 0.1) is 6.92 Å². The first kappa shape index (κ1) is 24.5. The van der Waals surface area contributed by atoms with Gasteiger partial charge in [0.25, 0.3) is 0 Å². The van der Waals surface area contributed by atoms with Crippen molar-refractivity contribution in [1.29, 1.82) is 0 Å². The summed E-state index contributed by atoms with van der Waals surface area (Å²) in [7, 11) is 5.92. The second-order valence-electron chi connectivity index (χ2n) is 7.40. The monoisotopic (exact) mass is 469 g/mol. The number of amides is 1. The van der Waals surface area contributed by atoms with Crippen molar-refractivity contribution in [3.63, 3.8) is 0 Å². The van der Waals surface area contributed by atoms with E-state index < -0.39 is 17.5 Å². The van der Waals surface area contributed by atoms with E-state index in [2.05, 4.69) is 5.32 Å². The van der Waals surface area contributed by atoms with Crippen molar-refractivity contribution in [1.82, 2.24) is 0 Å². The first-order valence-electron chi connectivity index (χ1n) is 10.4. The van der Waals surface area contributed by atoms with Crippen LogP contribution in [-0.4, -0.2) is 39.5 Å². The van der Waals surface area contributed by atoms with E-state index in [1.54, 1.807) is 50.4 Å². The number of aryl methyl sites for hydroxylation is 1. The number of hydrogen-bond acceptors (Lipinski definition) is 8. The average Bonchev–Trinajstić information content (AvgIpc) is 2.82. The van der Waals surface area contributed by atoms with Gasteiger partial charge < -0.3 is 33.8 Å². The summed E-state index contributed by atoms with van der Waals surface area (Å²) in [4.78, 5) is 25.8. The van der Waals surface area contributed by atoms with E-state index in [4.69, 9.17) is 23.4 Å². The first-order valence-corrected chi connectivity index (χ1v) is 10.4. The van der Waals surface area contributed by atoms with Crippen molar-refractivity contribution < 1.29 is 33.3 Å². The number of carbonyl (C=O) groups is 1. The summed E-state index contributed by atoms with van der Waals surface area (Å²) in [5, 5.41) is 13.4. The number of methoxy groups -OCH3 is 4. The van der Waals surface area contributed by atoms with Gasteiger partial charge in [-0.2, -0.15) is 0 Å².